The maximum atomic E-state index is 7.73. The number of nitrogen functional groups attached to an aromatic ring is 2. The fourth-order valence-corrected chi connectivity index (χ4v) is 3.75. The summed E-state index contributed by atoms with van der Waals surface area (Å²) >= 11 is 0. The van der Waals surface area contributed by atoms with Gasteiger partial charge in [-0.05, 0) is 33.4 Å². The van der Waals surface area contributed by atoms with Crippen LogP contribution in [0.4, 0.5) is 0 Å². The number of hydrogen-bond acceptors (Lipinski definition) is 2. The summed E-state index contributed by atoms with van der Waals surface area (Å²) in [5.41, 5.74) is 19.1. The van der Waals surface area contributed by atoms with Crippen molar-refractivity contribution in [2.45, 2.75) is 0 Å². The first-order valence-electron chi connectivity index (χ1n) is 10.3. The predicted molar refractivity (Wildman–Crippen MR) is 133 cm³/mol. The Labute approximate surface area is 187 Å². The van der Waals surface area contributed by atoms with Gasteiger partial charge in [0, 0.05) is 11.1 Å². The molecule has 0 amide bonds. The normalized spacial score (nSPS) is 10.4. The molecule has 6 N–H and O–H groups in total. The minimum atomic E-state index is 0.0410. The Hall–Kier alpha value is -4.44. The van der Waals surface area contributed by atoms with Gasteiger partial charge in [0.25, 0.3) is 0 Å². The van der Waals surface area contributed by atoms with Crippen LogP contribution in [0.5, 0.6) is 0 Å². The first kappa shape index (κ1) is 20.8. The maximum absolute atomic E-state index is 7.73. The summed E-state index contributed by atoms with van der Waals surface area (Å²) in [6.07, 6.45) is 0. The van der Waals surface area contributed by atoms with Gasteiger partial charge in [0.05, 0.1) is 0 Å². The molecule has 4 rings (SSSR count). The van der Waals surface area contributed by atoms with E-state index in [0.29, 0.717) is 11.1 Å². The van der Waals surface area contributed by atoms with Gasteiger partial charge in [0.2, 0.25) is 0 Å². The molecule has 4 heteroatoms. The molecule has 0 aliphatic carbocycles. The van der Waals surface area contributed by atoms with E-state index in [1.165, 1.54) is 0 Å². The lowest BCUT2D eigenvalue weighted by molar-refractivity contribution is 1.41. The maximum Gasteiger partial charge on any atom is 0.122 e. The average molecular weight is 417 g/mol. The van der Waals surface area contributed by atoms with Crippen LogP contribution in [0.25, 0.3) is 11.1 Å². The van der Waals surface area contributed by atoms with E-state index >= 15 is 0 Å². The van der Waals surface area contributed by atoms with E-state index < -0.39 is 0 Å². The monoisotopic (exact) mass is 416 g/mol. The lowest BCUT2D eigenvalue weighted by atomic mass is 9.85. The van der Waals surface area contributed by atoms with Crippen molar-refractivity contribution in [1.29, 1.82) is 10.8 Å². The Bertz CT molecular complexity index is 1170. The Morgan fingerprint density at radius 2 is 0.625 bits per heavy atom. The van der Waals surface area contributed by atoms with Gasteiger partial charge in [-0.3, -0.25) is 10.8 Å². The lowest BCUT2D eigenvalue weighted by Crippen LogP contribution is -2.11. The van der Waals surface area contributed by atoms with Crippen molar-refractivity contribution in [2.24, 2.45) is 11.5 Å². The largest absolute Gasteiger partial charge is 0.384 e. The second-order valence-corrected chi connectivity index (χ2v) is 7.46. The van der Waals surface area contributed by atoms with Crippen LogP contribution in [0.1, 0.15) is 33.4 Å². The zero-order chi connectivity index (χ0) is 22.5. The first-order valence-corrected chi connectivity index (χ1v) is 10.3. The third-order valence-corrected chi connectivity index (χ3v) is 5.34. The van der Waals surface area contributed by atoms with Gasteiger partial charge in [-0.25, -0.2) is 0 Å². The standard InChI is InChI=1S/C28H24N4/c29-27(30)23-15-11-21(12-16-23)26(22-13-17-24(18-14-22)28(31)32)25(19-7-3-1-4-8-19)20-9-5-2-6-10-20/h1-18H,(H3,29,30)(H3,31,32). The Morgan fingerprint density at radius 1 is 0.375 bits per heavy atom. The minimum Gasteiger partial charge on any atom is -0.384 e. The molecule has 0 spiro atoms. The second kappa shape index (κ2) is 9.14. The quantitative estimate of drug-likeness (QED) is 0.196. The molecule has 4 aromatic carbocycles. The van der Waals surface area contributed by atoms with Crippen LogP contribution in [-0.2, 0) is 0 Å². The molecule has 0 saturated heterocycles. The molecule has 0 unspecified atom stereocenters. The van der Waals surface area contributed by atoms with Gasteiger partial charge < -0.3 is 11.5 Å². The molecule has 4 aromatic rings. The Kier molecular flexibility index (Phi) is 5.95. The zero-order valence-corrected chi connectivity index (χ0v) is 17.5. The van der Waals surface area contributed by atoms with Crippen LogP contribution in [0.2, 0.25) is 0 Å². The molecular formula is C28H24N4. The molecule has 0 aliphatic heterocycles. The number of benzene rings is 4. The van der Waals surface area contributed by atoms with Crippen LogP contribution < -0.4 is 11.5 Å². The highest BCUT2D eigenvalue weighted by Gasteiger charge is 2.16. The van der Waals surface area contributed by atoms with E-state index in [1.807, 2.05) is 84.9 Å². The topological polar surface area (TPSA) is 99.7 Å². The Balaban J connectivity index is 2.04. The molecule has 0 bridgehead atoms. The smallest absolute Gasteiger partial charge is 0.122 e. The molecule has 32 heavy (non-hydrogen) atoms. The summed E-state index contributed by atoms with van der Waals surface area (Å²) in [5, 5.41) is 15.5. The van der Waals surface area contributed by atoms with Crippen molar-refractivity contribution >= 4 is 22.8 Å². The third kappa shape index (κ3) is 4.35. The summed E-state index contributed by atoms with van der Waals surface area (Å²) < 4.78 is 0. The molecule has 0 fully saturated rings. The van der Waals surface area contributed by atoms with Crippen molar-refractivity contribution in [2.75, 3.05) is 0 Å². The molecule has 0 aromatic heterocycles. The molecule has 0 heterocycles. The molecule has 0 radical (unpaired) electrons. The van der Waals surface area contributed by atoms with Gasteiger partial charge in [0.1, 0.15) is 11.7 Å². The van der Waals surface area contributed by atoms with Gasteiger partial charge in [0.15, 0.2) is 0 Å². The van der Waals surface area contributed by atoms with Crippen LogP contribution in [0.15, 0.2) is 109 Å². The van der Waals surface area contributed by atoms with Crippen molar-refractivity contribution in [1.82, 2.24) is 0 Å². The van der Waals surface area contributed by atoms with Crippen molar-refractivity contribution in [3.05, 3.63) is 143 Å². The highest BCUT2D eigenvalue weighted by molar-refractivity contribution is 6.05. The van der Waals surface area contributed by atoms with Crippen LogP contribution in [0.3, 0.4) is 0 Å². The number of hydrogen-bond donors (Lipinski definition) is 4. The summed E-state index contributed by atoms with van der Waals surface area (Å²) in [7, 11) is 0. The molecule has 4 nitrogen and oxygen atoms in total. The number of rotatable bonds is 6. The van der Waals surface area contributed by atoms with Gasteiger partial charge in [-0.15, -0.1) is 0 Å². The Morgan fingerprint density at radius 3 is 0.906 bits per heavy atom. The summed E-state index contributed by atoms with van der Waals surface area (Å²) in [5.74, 6) is 0.0819. The van der Waals surface area contributed by atoms with Crippen molar-refractivity contribution < 1.29 is 0 Å². The van der Waals surface area contributed by atoms with E-state index in [9.17, 15) is 0 Å². The van der Waals surface area contributed by atoms with E-state index in [2.05, 4.69) is 24.3 Å². The zero-order valence-electron chi connectivity index (χ0n) is 17.5. The van der Waals surface area contributed by atoms with Gasteiger partial charge >= 0.3 is 0 Å². The van der Waals surface area contributed by atoms with Crippen LogP contribution in [-0.4, -0.2) is 11.7 Å². The second-order valence-electron chi connectivity index (χ2n) is 7.46. The summed E-state index contributed by atoms with van der Waals surface area (Å²) in [6, 6.07) is 36.1. The first-order chi connectivity index (χ1) is 15.5. The average Bonchev–Trinajstić information content (AvgIpc) is 2.84. The van der Waals surface area contributed by atoms with E-state index in [4.69, 9.17) is 22.3 Å². The fraction of sp³-hybridized carbons (Fsp3) is 0. The molecule has 0 atom stereocenters. The number of nitrogens with two attached hydrogens (primary N) is 2. The van der Waals surface area contributed by atoms with Crippen LogP contribution >= 0.6 is 0 Å². The van der Waals surface area contributed by atoms with Gasteiger partial charge in [-0.2, -0.15) is 0 Å². The SMILES string of the molecule is N=C(N)c1ccc(C(=C(c2ccccc2)c2ccccc2)c2ccc(C(=N)N)cc2)cc1. The van der Waals surface area contributed by atoms with E-state index in [1.54, 1.807) is 0 Å². The molecule has 156 valence electrons. The highest BCUT2D eigenvalue weighted by Crippen LogP contribution is 2.36. The van der Waals surface area contributed by atoms with E-state index in [-0.39, 0.29) is 11.7 Å². The number of amidine groups is 2. The highest BCUT2D eigenvalue weighted by atomic mass is 14.7. The number of nitrogens with one attached hydrogen (secondary N) is 2. The van der Waals surface area contributed by atoms with Crippen molar-refractivity contribution in [3.8, 4) is 0 Å². The molecule has 0 saturated carbocycles. The third-order valence-electron chi connectivity index (χ3n) is 5.34. The summed E-state index contributed by atoms with van der Waals surface area (Å²) in [4.78, 5) is 0. The molecule has 0 aliphatic rings. The predicted octanol–water partition coefficient (Wildman–Crippen LogP) is 5.26. The fourth-order valence-electron chi connectivity index (χ4n) is 3.75. The molecular weight excluding hydrogens is 392 g/mol. The van der Waals surface area contributed by atoms with Crippen LogP contribution in [0, 0.1) is 10.8 Å². The van der Waals surface area contributed by atoms with Crippen molar-refractivity contribution in [3.63, 3.8) is 0 Å². The summed E-state index contributed by atoms with van der Waals surface area (Å²) in [6.45, 7) is 0. The van der Waals surface area contributed by atoms with Gasteiger partial charge in [-0.1, -0.05) is 109 Å². The lowest BCUT2D eigenvalue weighted by Gasteiger charge is -2.18. The minimum absolute atomic E-state index is 0.0410. The van der Waals surface area contributed by atoms with E-state index in [0.717, 1.165) is 33.4 Å².